The zero-order chi connectivity index (χ0) is 20.8. The van der Waals surface area contributed by atoms with E-state index in [0.717, 1.165) is 51.5 Å². The monoisotopic (exact) mass is 410 g/mol. The van der Waals surface area contributed by atoms with Crippen LogP contribution in [-0.4, -0.2) is 90.9 Å². The molecule has 0 saturated carbocycles. The van der Waals surface area contributed by atoms with Crippen LogP contribution in [0.5, 0.6) is 0 Å². The lowest BCUT2D eigenvalue weighted by atomic mass is 10.3. The standard InChI is InChI=1S/C19H34N6O2S/c1-5-7-8-21-18(20-4)25-13-11-24(12-14-25)10-9-22-19(27)23-16(3)28-15-17(26)6-2/h8H,5-7,9-15H2,1-4H3,(H,22,27). The second-order valence-corrected chi connectivity index (χ2v) is 7.66. The number of thioether (sulfide) groups is 1. The highest BCUT2D eigenvalue weighted by Crippen LogP contribution is 2.06. The van der Waals surface area contributed by atoms with E-state index in [0.29, 0.717) is 23.8 Å². The number of amides is 2. The first-order valence-corrected chi connectivity index (χ1v) is 10.9. The summed E-state index contributed by atoms with van der Waals surface area (Å²) in [5.41, 5.74) is 0. The average molecular weight is 411 g/mol. The highest BCUT2D eigenvalue weighted by molar-refractivity contribution is 8.14. The molecule has 0 bridgehead atoms. The summed E-state index contributed by atoms with van der Waals surface area (Å²) in [7, 11) is 1.78. The largest absolute Gasteiger partial charge is 0.341 e. The van der Waals surface area contributed by atoms with Crippen LogP contribution in [0.1, 0.15) is 40.0 Å². The number of carbonyl (C=O) groups excluding carboxylic acids is 2. The van der Waals surface area contributed by atoms with E-state index in [-0.39, 0.29) is 11.8 Å². The highest BCUT2D eigenvalue weighted by atomic mass is 32.2. The minimum absolute atomic E-state index is 0.159. The lowest BCUT2D eigenvalue weighted by Crippen LogP contribution is -2.49. The molecule has 0 aromatic heterocycles. The summed E-state index contributed by atoms with van der Waals surface area (Å²) in [6.45, 7) is 10.6. The molecule has 2 amide bonds. The first kappa shape index (κ1) is 24.3. The van der Waals surface area contributed by atoms with Gasteiger partial charge in [0.25, 0.3) is 0 Å². The third kappa shape index (κ3) is 9.98. The van der Waals surface area contributed by atoms with E-state index < -0.39 is 0 Å². The smallest absolute Gasteiger partial charge is 0.339 e. The van der Waals surface area contributed by atoms with E-state index in [1.54, 1.807) is 14.0 Å². The first-order chi connectivity index (χ1) is 13.5. The van der Waals surface area contributed by atoms with Crippen molar-refractivity contribution in [1.29, 1.82) is 0 Å². The topological polar surface area (TPSA) is 89.7 Å². The molecule has 28 heavy (non-hydrogen) atoms. The average Bonchev–Trinajstić information content (AvgIpc) is 2.70. The van der Waals surface area contributed by atoms with Gasteiger partial charge in [-0.1, -0.05) is 20.3 Å². The number of carbonyl (C=O) groups is 2. The van der Waals surface area contributed by atoms with Crippen LogP contribution in [0.25, 0.3) is 0 Å². The van der Waals surface area contributed by atoms with E-state index in [1.807, 2.05) is 13.1 Å². The summed E-state index contributed by atoms with van der Waals surface area (Å²) < 4.78 is 0. The molecule has 0 aromatic rings. The summed E-state index contributed by atoms with van der Waals surface area (Å²) in [6.07, 6.45) is 4.49. The second-order valence-electron chi connectivity index (χ2n) is 6.50. The molecule has 9 heteroatoms. The molecule has 1 saturated heterocycles. The minimum Gasteiger partial charge on any atom is -0.339 e. The summed E-state index contributed by atoms with van der Waals surface area (Å²) in [5.74, 6) is 1.33. The molecule has 0 unspecified atom stereocenters. The fourth-order valence-electron chi connectivity index (χ4n) is 2.55. The van der Waals surface area contributed by atoms with Crippen LogP contribution < -0.4 is 5.32 Å². The molecule has 0 radical (unpaired) electrons. The minimum atomic E-state index is -0.349. The number of nitrogens with one attached hydrogen (secondary N) is 1. The number of nitrogens with zero attached hydrogens (tertiary/aromatic N) is 5. The third-order valence-corrected chi connectivity index (χ3v) is 5.25. The van der Waals surface area contributed by atoms with Gasteiger partial charge in [0.15, 0.2) is 0 Å². The molecular formula is C19H34N6O2S. The number of urea groups is 1. The van der Waals surface area contributed by atoms with E-state index >= 15 is 0 Å². The predicted molar refractivity (Wildman–Crippen MR) is 119 cm³/mol. The molecule has 1 rings (SSSR count). The second kappa shape index (κ2) is 14.3. The molecular weight excluding hydrogens is 376 g/mol. The van der Waals surface area contributed by atoms with Gasteiger partial charge in [-0.2, -0.15) is 4.99 Å². The lowest BCUT2D eigenvalue weighted by molar-refractivity contribution is -0.116. The predicted octanol–water partition coefficient (Wildman–Crippen LogP) is 2.30. The van der Waals surface area contributed by atoms with Gasteiger partial charge < -0.3 is 10.2 Å². The number of hydrogen-bond acceptors (Lipinski definition) is 5. The normalized spacial score (nSPS) is 16.6. The molecule has 8 nitrogen and oxygen atoms in total. The maximum Gasteiger partial charge on any atom is 0.341 e. The van der Waals surface area contributed by atoms with Crippen LogP contribution >= 0.6 is 11.8 Å². The zero-order valence-electron chi connectivity index (χ0n) is 17.6. The Morgan fingerprint density at radius 1 is 1.18 bits per heavy atom. The van der Waals surface area contributed by atoms with Crippen molar-refractivity contribution in [2.45, 2.75) is 40.0 Å². The van der Waals surface area contributed by atoms with Crippen molar-refractivity contribution >= 4 is 40.8 Å². The third-order valence-electron chi connectivity index (χ3n) is 4.28. The maximum atomic E-state index is 11.9. The summed E-state index contributed by atoms with van der Waals surface area (Å²) in [6, 6.07) is -0.349. The van der Waals surface area contributed by atoms with Gasteiger partial charge in [0.1, 0.15) is 5.78 Å². The Bertz CT molecular complexity index is 583. The van der Waals surface area contributed by atoms with E-state index in [9.17, 15) is 9.59 Å². The number of ketones is 1. The molecule has 158 valence electrons. The van der Waals surface area contributed by atoms with Crippen molar-refractivity contribution in [2.24, 2.45) is 15.0 Å². The molecule has 0 spiro atoms. The van der Waals surface area contributed by atoms with Crippen LogP contribution in [0.3, 0.4) is 0 Å². The summed E-state index contributed by atoms with van der Waals surface area (Å²) >= 11 is 1.31. The first-order valence-electron chi connectivity index (χ1n) is 9.94. The summed E-state index contributed by atoms with van der Waals surface area (Å²) in [5, 5.41) is 3.43. The van der Waals surface area contributed by atoms with E-state index in [4.69, 9.17) is 0 Å². The van der Waals surface area contributed by atoms with Crippen LogP contribution in [0.15, 0.2) is 15.0 Å². The van der Waals surface area contributed by atoms with Gasteiger partial charge in [-0.05, 0) is 13.3 Å². The van der Waals surface area contributed by atoms with E-state index in [1.165, 1.54) is 11.8 Å². The Morgan fingerprint density at radius 3 is 2.50 bits per heavy atom. The SMILES string of the molecule is CCCC=NC(=NC)N1CCN(CCNC(=O)N=C(C)SCC(=O)CC)CC1. The van der Waals surface area contributed by atoms with Gasteiger partial charge in [-0.3, -0.25) is 14.7 Å². The van der Waals surface area contributed by atoms with Crippen LogP contribution in [0, 0.1) is 0 Å². The number of aliphatic imine (C=N–C) groups is 3. The number of Topliss-reactive ketones (excluding diaryl/α,β-unsaturated/α-hetero) is 1. The number of hydrogen-bond donors (Lipinski definition) is 1. The number of guanidine groups is 1. The van der Waals surface area contributed by atoms with Crippen molar-refractivity contribution in [1.82, 2.24) is 15.1 Å². The van der Waals surface area contributed by atoms with Gasteiger partial charge in [0.05, 0.1) is 10.8 Å². The number of rotatable bonds is 8. The Hall–Kier alpha value is -1.74. The maximum absolute atomic E-state index is 11.9. The fraction of sp³-hybridized carbons (Fsp3) is 0.737. The Labute approximate surface area is 173 Å². The van der Waals surface area contributed by atoms with Crippen LogP contribution in [-0.2, 0) is 4.79 Å². The fourth-order valence-corrected chi connectivity index (χ4v) is 3.27. The van der Waals surface area contributed by atoms with Crippen molar-refractivity contribution in [3.05, 3.63) is 0 Å². The van der Waals surface area contributed by atoms with Crippen LogP contribution in [0.2, 0.25) is 0 Å². The van der Waals surface area contributed by atoms with Gasteiger partial charge >= 0.3 is 6.03 Å². The van der Waals surface area contributed by atoms with Crippen molar-refractivity contribution in [2.75, 3.05) is 52.1 Å². The molecule has 1 fully saturated rings. The highest BCUT2D eigenvalue weighted by Gasteiger charge is 2.18. The van der Waals surface area contributed by atoms with Crippen molar-refractivity contribution in [3.63, 3.8) is 0 Å². The molecule has 0 aliphatic carbocycles. The van der Waals surface area contributed by atoms with Crippen molar-refractivity contribution < 1.29 is 9.59 Å². The lowest BCUT2D eigenvalue weighted by Gasteiger charge is -2.35. The van der Waals surface area contributed by atoms with Gasteiger partial charge in [-0.25, -0.2) is 9.79 Å². The zero-order valence-corrected chi connectivity index (χ0v) is 18.4. The van der Waals surface area contributed by atoms with Gasteiger partial charge in [0, 0.05) is 59.0 Å². The van der Waals surface area contributed by atoms with Crippen molar-refractivity contribution in [3.8, 4) is 0 Å². The van der Waals surface area contributed by atoms with Gasteiger partial charge in [0.2, 0.25) is 5.96 Å². The Morgan fingerprint density at radius 2 is 1.89 bits per heavy atom. The quantitative estimate of drug-likeness (QED) is 0.490. The Balaban J connectivity index is 2.27. The molecule has 1 heterocycles. The van der Waals surface area contributed by atoms with E-state index in [2.05, 4.69) is 37.0 Å². The Kier molecular flexibility index (Phi) is 12.4. The van der Waals surface area contributed by atoms with Gasteiger partial charge in [-0.15, -0.1) is 11.8 Å². The molecule has 0 atom stereocenters. The number of piperazine rings is 1. The molecule has 1 aliphatic heterocycles. The number of unbranched alkanes of at least 4 members (excludes halogenated alkanes) is 1. The summed E-state index contributed by atoms with van der Waals surface area (Å²) in [4.78, 5) is 40.4. The molecule has 0 aromatic carbocycles. The van der Waals surface area contributed by atoms with Crippen LogP contribution in [0.4, 0.5) is 4.79 Å². The molecule has 1 N–H and O–H groups in total. The molecule has 1 aliphatic rings.